The molecule has 0 saturated carbocycles. The standard InChI is InChI=1S/C19H24N4O/c1-13-6-7-17(15(3)9-13)22-19-20-10-16(11-21-19)18(24)23-8-4-5-14(2)12-23/h6-7,9-11,14H,4-5,8,12H2,1-3H3,(H,20,21,22). The Morgan fingerprint density at radius 2 is 2.00 bits per heavy atom. The molecule has 1 aliphatic heterocycles. The molecule has 126 valence electrons. The number of nitrogens with zero attached hydrogens (tertiary/aromatic N) is 3. The number of nitrogens with one attached hydrogen (secondary N) is 1. The van der Waals surface area contributed by atoms with Crippen LogP contribution in [0, 0.1) is 19.8 Å². The Morgan fingerprint density at radius 3 is 2.67 bits per heavy atom. The van der Waals surface area contributed by atoms with Crippen LogP contribution in [0.5, 0.6) is 0 Å². The van der Waals surface area contributed by atoms with Crippen LogP contribution in [0.25, 0.3) is 0 Å². The molecule has 0 bridgehead atoms. The van der Waals surface area contributed by atoms with Crippen LogP contribution in [-0.4, -0.2) is 33.9 Å². The van der Waals surface area contributed by atoms with Gasteiger partial charge in [-0.15, -0.1) is 0 Å². The quantitative estimate of drug-likeness (QED) is 0.935. The van der Waals surface area contributed by atoms with Crippen LogP contribution >= 0.6 is 0 Å². The number of benzene rings is 1. The fourth-order valence-corrected chi connectivity index (χ4v) is 3.13. The van der Waals surface area contributed by atoms with E-state index in [0.29, 0.717) is 17.4 Å². The van der Waals surface area contributed by atoms with Crippen molar-refractivity contribution < 1.29 is 4.79 Å². The van der Waals surface area contributed by atoms with E-state index in [1.807, 2.05) is 24.0 Å². The molecule has 5 heteroatoms. The molecule has 1 saturated heterocycles. The predicted octanol–water partition coefficient (Wildman–Crippen LogP) is 3.71. The van der Waals surface area contributed by atoms with Gasteiger partial charge in [0.2, 0.25) is 5.95 Å². The van der Waals surface area contributed by atoms with Crippen LogP contribution in [0.2, 0.25) is 0 Å². The van der Waals surface area contributed by atoms with E-state index in [2.05, 4.69) is 35.2 Å². The van der Waals surface area contributed by atoms with E-state index in [0.717, 1.165) is 30.8 Å². The highest BCUT2D eigenvalue weighted by molar-refractivity contribution is 5.93. The second-order valence-corrected chi connectivity index (χ2v) is 6.74. The van der Waals surface area contributed by atoms with E-state index in [1.54, 1.807) is 12.4 Å². The van der Waals surface area contributed by atoms with Crippen molar-refractivity contribution >= 4 is 17.5 Å². The van der Waals surface area contributed by atoms with Crippen LogP contribution in [0.1, 0.15) is 41.3 Å². The normalized spacial score (nSPS) is 17.6. The van der Waals surface area contributed by atoms with Crippen LogP contribution in [0.15, 0.2) is 30.6 Å². The first-order valence-corrected chi connectivity index (χ1v) is 8.48. The third-order valence-corrected chi connectivity index (χ3v) is 4.47. The maximum Gasteiger partial charge on any atom is 0.257 e. The van der Waals surface area contributed by atoms with Crippen LogP contribution in [0.3, 0.4) is 0 Å². The highest BCUT2D eigenvalue weighted by atomic mass is 16.2. The lowest BCUT2D eigenvalue weighted by atomic mass is 10.00. The minimum absolute atomic E-state index is 0.0274. The molecular formula is C19H24N4O. The van der Waals surface area contributed by atoms with Gasteiger partial charge in [0.05, 0.1) is 5.56 Å². The monoisotopic (exact) mass is 324 g/mol. The number of hydrogen-bond donors (Lipinski definition) is 1. The third-order valence-electron chi connectivity index (χ3n) is 4.47. The fourth-order valence-electron chi connectivity index (χ4n) is 3.13. The van der Waals surface area contributed by atoms with E-state index >= 15 is 0 Å². The van der Waals surface area contributed by atoms with Crippen LogP contribution < -0.4 is 5.32 Å². The average molecular weight is 324 g/mol. The zero-order valence-corrected chi connectivity index (χ0v) is 14.5. The van der Waals surface area contributed by atoms with Gasteiger partial charge in [-0.25, -0.2) is 9.97 Å². The maximum atomic E-state index is 12.5. The van der Waals surface area contributed by atoms with Crippen molar-refractivity contribution in [2.45, 2.75) is 33.6 Å². The van der Waals surface area contributed by atoms with Crippen molar-refractivity contribution in [1.29, 1.82) is 0 Å². The number of rotatable bonds is 3. The molecule has 1 fully saturated rings. The molecule has 1 aromatic carbocycles. The molecule has 2 aromatic rings. The van der Waals surface area contributed by atoms with Gasteiger partial charge in [0, 0.05) is 31.2 Å². The summed E-state index contributed by atoms with van der Waals surface area (Å²) in [4.78, 5) is 23.0. The van der Waals surface area contributed by atoms with Gasteiger partial charge in [-0.05, 0) is 44.2 Å². The number of piperidine rings is 1. The largest absolute Gasteiger partial charge is 0.338 e. The first-order chi connectivity index (χ1) is 11.5. The summed E-state index contributed by atoms with van der Waals surface area (Å²) in [6.07, 6.45) is 5.49. The number of aromatic nitrogens is 2. The molecule has 1 aromatic heterocycles. The molecular weight excluding hydrogens is 300 g/mol. The third kappa shape index (κ3) is 3.72. The summed E-state index contributed by atoms with van der Waals surface area (Å²) in [5.41, 5.74) is 3.89. The average Bonchev–Trinajstić information content (AvgIpc) is 2.57. The lowest BCUT2D eigenvalue weighted by molar-refractivity contribution is 0.0682. The van der Waals surface area contributed by atoms with E-state index in [-0.39, 0.29) is 5.91 Å². The van der Waals surface area contributed by atoms with E-state index in [9.17, 15) is 4.79 Å². The molecule has 1 aliphatic rings. The number of amides is 1. The van der Waals surface area contributed by atoms with Crippen molar-refractivity contribution in [2.75, 3.05) is 18.4 Å². The summed E-state index contributed by atoms with van der Waals surface area (Å²) in [5.74, 6) is 1.10. The zero-order chi connectivity index (χ0) is 17.1. The van der Waals surface area contributed by atoms with Crippen molar-refractivity contribution in [3.63, 3.8) is 0 Å². The number of carbonyl (C=O) groups is 1. The Kier molecular flexibility index (Phi) is 4.79. The van der Waals surface area contributed by atoms with Gasteiger partial charge in [0.15, 0.2) is 0 Å². The second kappa shape index (κ2) is 6.99. The van der Waals surface area contributed by atoms with Gasteiger partial charge in [-0.2, -0.15) is 0 Å². The SMILES string of the molecule is Cc1ccc(Nc2ncc(C(=O)N3CCCC(C)C3)cn2)c(C)c1. The lowest BCUT2D eigenvalue weighted by Crippen LogP contribution is -2.39. The lowest BCUT2D eigenvalue weighted by Gasteiger charge is -2.30. The van der Waals surface area contributed by atoms with Gasteiger partial charge >= 0.3 is 0 Å². The van der Waals surface area contributed by atoms with Crippen LogP contribution in [-0.2, 0) is 0 Å². The summed E-state index contributed by atoms with van der Waals surface area (Å²) >= 11 is 0. The van der Waals surface area contributed by atoms with Crippen LogP contribution in [0.4, 0.5) is 11.6 Å². The molecule has 1 N–H and O–H groups in total. The van der Waals surface area contributed by atoms with Crippen molar-refractivity contribution in [1.82, 2.24) is 14.9 Å². The Hall–Kier alpha value is -2.43. The smallest absolute Gasteiger partial charge is 0.257 e. The summed E-state index contributed by atoms with van der Waals surface area (Å²) in [5, 5.41) is 3.21. The summed E-state index contributed by atoms with van der Waals surface area (Å²) in [7, 11) is 0. The maximum absolute atomic E-state index is 12.5. The zero-order valence-electron chi connectivity index (χ0n) is 14.5. The van der Waals surface area contributed by atoms with E-state index in [4.69, 9.17) is 0 Å². The van der Waals surface area contributed by atoms with Crippen molar-refractivity contribution in [3.8, 4) is 0 Å². The molecule has 3 rings (SSSR count). The predicted molar refractivity (Wildman–Crippen MR) is 95.5 cm³/mol. The highest BCUT2D eigenvalue weighted by Gasteiger charge is 2.22. The minimum Gasteiger partial charge on any atom is -0.338 e. The van der Waals surface area contributed by atoms with Gasteiger partial charge in [-0.3, -0.25) is 4.79 Å². The summed E-state index contributed by atoms with van der Waals surface area (Å²) in [6, 6.07) is 6.17. The number of aryl methyl sites for hydroxylation is 2. The fraction of sp³-hybridized carbons (Fsp3) is 0.421. The number of likely N-dealkylation sites (tertiary alicyclic amines) is 1. The molecule has 0 aliphatic carbocycles. The second-order valence-electron chi connectivity index (χ2n) is 6.74. The molecule has 0 radical (unpaired) electrons. The molecule has 0 spiro atoms. The molecule has 1 atom stereocenters. The topological polar surface area (TPSA) is 58.1 Å². The molecule has 1 unspecified atom stereocenters. The first kappa shape index (κ1) is 16.4. The van der Waals surface area contributed by atoms with E-state index < -0.39 is 0 Å². The highest BCUT2D eigenvalue weighted by Crippen LogP contribution is 2.20. The Bertz CT molecular complexity index is 727. The molecule has 24 heavy (non-hydrogen) atoms. The van der Waals surface area contributed by atoms with Gasteiger partial charge in [0.25, 0.3) is 5.91 Å². The Labute approximate surface area is 143 Å². The van der Waals surface area contributed by atoms with Crippen molar-refractivity contribution in [3.05, 3.63) is 47.3 Å². The van der Waals surface area contributed by atoms with Gasteiger partial charge in [-0.1, -0.05) is 24.6 Å². The molecule has 2 heterocycles. The number of hydrogen-bond acceptors (Lipinski definition) is 4. The van der Waals surface area contributed by atoms with Gasteiger partial charge in [0.1, 0.15) is 0 Å². The number of carbonyl (C=O) groups excluding carboxylic acids is 1. The summed E-state index contributed by atoms with van der Waals surface area (Å²) < 4.78 is 0. The van der Waals surface area contributed by atoms with Crippen molar-refractivity contribution in [2.24, 2.45) is 5.92 Å². The minimum atomic E-state index is 0.0274. The molecule has 1 amide bonds. The first-order valence-electron chi connectivity index (χ1n) is 8.48. The Balaban J connectivity index is 1.69. The molecule has 5 nitrogen and oxygen atoms in total. The Morgan fingerprint density at radius 1 is 1.25 bits per heavy atom. The van der Waals surface area contributed by atoms with E-state index in [1.165, 1.54) is 12.0 Å². The summed E-state index contributed by atoms with van der Waals surface area (Å²) in [6.45, 7) is 7.94. The van der Waals surface area contributed by atoms with Gasteiger partial charge < -0.3 is 10.2 Å². The number of anilines is 2.